The zero-order valence-corrected chi connectivity index (χ0v) is 10.3. The van der Waals surface area contributed by atoms with Crippen LogP contribution in [0.1, 0.15) is 44.9 Å². The predicted octanol–water partition coefficient (Wildman–Crippen LogP) is 3.01. The van der Waals surface area contributed by atoms with E-state index in [1.54, 1.807) is 0 Å². The van der Waals surface area contributed by atoms with Crippen molar-refractivity contribution >= 4 is 10.8 Å². The standard InChI is InChI=1S/C12H22O2S/c1-2-14-10-7-9-12-8-5-3-4-6-11-15(12)13/h2,12H,1,3-11H2. The van der Waals surface area contributed by atoms with Crippen LogP contribution in [0.25, 0.3) is 0 Å². The van der Waals surface area contributed by atoms with Gasteiger partial charge in [-0.15, -0.1) is 0 Å². The van der Waals surface area contributed by atoms with Gasteiger partial charge in [0.1, 0.15) is 0 Å². The lowest BCUT2D eigenvalue weighted by Crippen LogP contribution is -2.20. The molecule has 0 saturated carbocycles. The van der Waals surface area contributed by atoms with Gasteiger partial charge in [0.15, 0.2) is 0 Å². The number of hydrogen-bond acceptors (Lipinski definition) is 2. The van der Waals surface area contributed by atoms with Crippen molar-refractivity contribution in [2.75, 3.05) is 12.4 Å². The molecule has 0 aromatic heterocycles. The molecule has 0 aromatic rings. The molecule has 2 nitrogen and oxygen atoms in total. The third-order valence-electron chi connectivity index (χ3n) is 2.90. The minimum atomic E-state index is -0.593. The fraction of sp³-hybridized carbons (Fsp3) is 0.833. The molecule has 0 aromatic carbocycles. The van der Waals surface area contributed by atoms with Crippen LogP contribution in [-0.2, 0) is 15.5 Å². The Bertz CT molecular complexity index is 204. The summed E-state index contributed by atoms with van der Waals surface area (Å²) in [5.74, 6) is 0.910. The average molecular weight is 230 g/mol. The Morgan fingerprint density at radius 1 is 1.33 bits per heavy atom. The van der Waals surface area contributed by atoms with Crippen molar-refractivity contribution < 1.29 is 8.95 Å². The lowest BCUT2D eigenvalue weighted by molar-refractivity contribution is 0.242. The van der Waals surface area contributed by atoms with Crippen LogP contribution in [0.3, 0.4) is 0 Å². The Labute approximate surface area is 95.5 Å². The van der Waals surface area contributed by atoms with E-state index in [1.807, 2.05) is 0 Å². The molecule has 0 aliphatic carbocycles. The van der Waals surface area contributed by atoms with Crippen LogP contribution in [0.15, 0.2) is 12.8 Å². The first-order chi connectivity index (χ1) is 7.34. The van der Waals surface area contributed by atoms with Crippen molar-refractivity contribution in [3.63, 3.8) is 0 Å². The molecule has 88 valence electrons. The minimum absolute atomic E-state index is 0.415. The van der Waals surface area contributed by atoms with Crippen LogP contribution >= 0.6 is 0 Å². The highest BCUT2D eigenvalue weighted by molar-refractivity contribution is 7.85. The van der Waals surface area contributed by atoms with Gasteiger partial charge < -0.3 is 4.74 Å². The summed E-state index contributed by atoms with van der Waals surface area (Å²) in [6, 6.07) is 0. The Balaban J connectivity index is 2.22. The normalized spacial score (nSPS) is 27.7. The maximum atomic E-state index is 11.9. The van der Waals surface area contributed by atoms with Crippen LogP contribution in [0, 0.1) is 0 Å². The highest BCUT2D eigenvalue weighted by Gasteiger charge is 2.17. The van der Waals surface area contributed by atoms with Gasteiger partial charge in [-0.25, -0.2) is 0 Å². The van der Waals surface area contributed by atoms with Gasteiger partial charge in [0.2, 0.25) is 0 Å². The first-order valence-electron chi connectivity index (χ1n) is 5.94. The minimum Gasteiger partial charge on any atom is -0.502 e. The van der Waals surface area contributed by atoms with Gasteiger partial charge in [0, 0.05) is 21.8 Å². The smallest absolute Gasteiger partial charge is 0.0873 e. The van der Waals surface area contributed by atoms with Crippen LogP contribution in [0.4, 0.5) is 0 Å². The van der Waals surface area contributed by atoms with Crippen molar-refractivity contribution in [1.29, 1.82) is 0 Å². The summed E-state index contributed by atoms with van der Waals surface area (Å²) in [6.45, 7) is 4.22. The molecule has 1 aliphatic rings. The van der Waals surface area contributed by atoms with Crippen LogP contribution in [-0.4, -0.2) is 21.8 Å². The fourth-order valence-electron chi connectivity index (χ4n) is 2.02. The topological polar surface area (TPSA) is 26.3 Å². The van der Waals surface area contributed by atoms with E-state index in [-0.39, 0.29) is 0 Å². The molecule has 1 heterocycles. The predicted molar refractivity (Wildman–Crippen MR) is 65.3 cm³/mol. The first kappa shape index (κ1) is 12.8. The van der Waals surface area contributed by atoms with Crippen LogP contribution in [0.2, 0.25) is 0 Å². The molecule has 3 heteroatoms. The van der Waals surface area contributed by atoms with E-state index < -0.39 is 10.8 Å². The Kier molecular flexibility index (Phi) is 6.73. The highest BCUT2D eigenvalue weighted by Crippen LogP contribution is 2.19. The van der Waals surface area contributed by atoms with Crippen molar-refractivity contribution in [2.45, 2.75) is 50.2 Å². The highest BCUT2D eigenvalue weighted by atomic mass is 32.2. The average Bonchev–Trinajstić information content (AvgIpc) is 2.22. The molecule has 0 amide bonds. The van der Waals surface area contributed by atoms with Crippen molar-refractivity contribution in [1.82, 2.24) is 0 Å². The van der Waals surface area contributed by atoms with Crippen molar-refractivity contribution in [2.24, 2.45) is 0 Å². The summed E-state index contributed by atoms with van der Waals surface area (Å²) in [7, 11) is -0.593. The molecule has 1 saturated heterocycles. The molecule has 0 radical (unpaired) electrons. The van der Waals surface area contributed by atoms with E-state index in [9.17, 15) is 4.21 Å². The lowest BCUT2D eigenvalue weighted by Gasteiger charge is -2.18. The monoisotopic (exact) mass is 230 g/mol. The Hall–Kier alpha value is -0.310. The van der Waals surface area contributed by atoms with Crippen molar-refractivity contribution in [3.05, 3.63) is 12.8 Å². The number of ether oxygens (including phenoxy) is 1. The van der Waals surface area contributed by atoms with Gasteiger partial charge >= 0.3 is 0 Å². The Morgan fingerprint density at radius 3 is 2.93 bits per heavy atom. The molecule has 0 N–H and O–H groups in total. The van der Waals surface area contributed by atoms with E-state index in [0.717, 1.165) is 38.0 Å². The zero-order chi connectivity index (χ0) is 10.9. The van der Waals surface area contributed by atoms with Crippen LogP contribution < -0.4 is 0 Å². The molecule has 1 rings (SSSR count). The molecule has 0 spiro atoms. The summed E-state index contributed by atoms with van der Waals surface area (Å²) in [4.78, 5) is 0. The van der Waals surface area contributed by atoms with E-state index >= 15 is 0 Å². The first-order valence-corrected chi connectivity index (χ1v) is 7.32. The summed E-state index contributed by atoms with van der Waals surface area (Å²) >= 11 is 0. The lowest BCUT2D eigenvalue weighted by atomic mass is 10.1. The molecule has 2 unspecified atom stereocenters. The second-order valence-electron chi connectivity index (χ2n) is 4.09. The van der Waals surface area contributed by atoms with Gasteiger partial charge in [-0.1, -0.05) is 25.8 Å². The van der Waals surface area contributed by atoms with Gasteiger partial charge in [-0.2, -0.15) is 0 Å². The molecule has 15 heavy (non-hydrogen) atoms. The molecule has 1 aliphatic heterocycles. The maximum Gasteiger partial charge on any atom is 0.0873 e. The zero-order valence-electron chi connectivity index (χ0n) is 9.45. The molecule has 1 fully saturated rings. The second kappa shape index (κ2) is 7.91. The summed E-state index contributed by atoms with van der Waals surface area (Å²) < 4.78 is 17.0. The van der Waals surface area contributed by atoms with Gasteiger partial charge in [-0.05, 0) is 25.7 Å². The summed E-state index contributed by atoms with van der Waals surface area (Å²) in [5.41, 5.74) is 0. The van der Waals surface area contributed by atoms with E-state index in [1.165, 1.54) is 25.5 Å². The molecular formula is C12H22O2S. The van der Waals surface area contributed by atoms with Gasteiger partial charge in [-0.3, -0.25) is 4.21 Å². The quantitative estimate of drug-likeness (QED) is 0.536. The van der Waals surface area contributed by atoms with Gasteiger partial charge in [0.05, 0.1) is 12.9 Å². The third kappa shape index (κ3) is 5.36. The van der Waals surface area contributed by atoms with E-state index in [4.69, 9.17) is 4.74 Å². The third-order valence-corrected chi connectivity index (χ3v) is 4.81. The Morgan fingerprint density at radius 2 is 2.13 bits per heavy atom. The maximum absolute atomic E-state index is 11.9. The molecular weight excluding hydrogens is 208 g/mol. The van der Waals surface area contributed by atoms with Crippen molar-refractivity contribution in [3.8, 4) is 0 Å². The largest absolute Gasteiger partial charge is 0.502 e. The van der Waals surface area contributed by atoms with Gasteiger partial charge in [0.25, 0.3) is 0 Å². The summed E-state index contributed by atoms with van der Waals surface area (Å²) in [6.07, 6.45) is 9.64. The number of rotatable bonds is 5. The fourth-order valence-corrected chi connectivity index (χ4v) is 3.70. The van der Waals surface area contributed by atoms with E-state index in [0.29, 0.717) is 5.25 Å². The number of hydrogen-bond donors (Lipinski definition) is 0. The van der Waals surface area contributed by atoms with Crippen LogP contribution in [0.5, 0.6) is 0 Å². The molecule has 2 atom stereocenters. The molecule has 0 bridgehead atoms. The van der Waals surface area contributed by atoms with E-state index in [2.05, 4.69) is 6.58 Å². The SMILES string of the molecule is C=COCCCC1CCCCCCS1=O. The second-order valence-corrected chi connectivity index (χ2v) is 5.93. The summed E-state index contributed by atoms with van der Waals surface area (Å²) in [5, 5.41) is 0.415.